The lowest BCUT2D eigenvalue weighted by Crippen LogP contribution is -2.24. The van der Waals surface area contributed by atoms with Gasteiger partial charge in [0.25, 0.3) is 5.91 Å². The van der Waals surface area contributed by atoms with E-state index in [1.165, 1.54) is 29.4 Å². The summed E-state index contributed by atoms with van der Waals surface area (Å²) in [5.74, 6) is -0.653. The van der Waals surface area contributed by atoms with Gasteiger partial charge in [0.05, 0.1) is 30.2 Å². The normalized spacial score (nSPS) is 11.6. The summed E-state index contributed by atoms with van der Waals surface area (Å²) in [6, 6.07) is 10.5. The molecule has 8 nitrogen and oxygen atoms in total. The number of thioether (sulfide) groups is 1. The van der Waals surface area contributed by atoms with E-state index in [2.05, 4.69) is 15.6 Å². The molecule has 3 rings (SSSR count). The fraction of sp³-hybridized carbons (Fsp3) is 0.273. The number of benzene rings is 1. The predicted octanol–water partition coefficient (Wildman–Crippen LogP) is 4.60. The zero-order valence-corrected chi connectivity index (χ0v) is 19.3. The monoisotopic (exact) mass is 473 g/mol. The molecule has 1 unspecified atom stereocenters. The van der Waals surface area contributed by atoms with Crippen LogP contribution in [-0.2, 0) is 20.7 Å². The number of thiazole rings is 1. The minimum absolute atomic E-state index is 0.0721. The van der Waals surface area contributed by atoms with E-state index >= 15 is 0 Å². The maximum absolute atomic E-state index is 12.8. The third-order valence-electron chi connectivity index (χ3n) is 4.19. The van der Waals surface area contributed by atoms with Crippen molar-refractivity contribution in [1.29, 1.82) is 0 Å². The Balaban J connectivity index is 1.59. The number of esters is 1. The maximum atomic E-state index is 12.8. The zero-order valence-electron chi connectivity index (χ0n) is 17.6. The number of carbonyl (C=O) groups excluding carboxylic acids is 3. The van der Waals surface area contributed by atoms with Crippen molar-refractivity contribution in [2.24, 2.45) is 0 Å². The van der Waals surface area contributed by atoms with Gasteiger partial charge in [-0.1, -0.05) is 13.0 Å². The summed E-state index contributed by atoms with van der Waals surface area (Å²) in [7, 11) is 0. The van der Waals surface area contributed by atoms with Crippen LogP contribution in [0.2, 0.25) is 0 Å². The molecular formula is C22H23N3O5S2. The molecule has 168 valence electrons. The number of hydrogen-bond donors (Lipinski definition) is 2. The highest BCUT2D eigenvalue weighted by Crippen LogP contribution is 2.29. The second-order valence-corrected chi connectivity index (χ2v) is 8.72. The summed E-state index contributed by atoms with van der Waals surface area (Å²) in [5.41, 5.74) is 1.17. The first-order valence-electron chi connectivity index (χ1n) is 10.0. The van der Waals surface area contributed by atoms with Gasteiger partial charge >= 0.3 is 5.97 Å². The Labute approximate surface area is 193 Å². The Morgan fingerprint density at radius 3 is 2.75 bits per heavy atom. The number of hydrogen-bond acceptors (Lipinski definition) is 8. The van der Waals surface area contributed by atoms with E-state index in [9.17, 15) is 14.4 Å². The Bertz CT molecular complexity index is 1070. The van der Waals surface area contributed by atoms with E-state index in [0.29, 0.717) is 29.5 Å². The number of rotatable bonds is 10. The second kappa shape index (κ2) is 11.5. The molecule has 0 saturated heterocycles. The number of carbonyl (C=O) groups is 3. The van der Waals surface area contributed by atoms with Crippen LogP contribution in [0, 0.1) is 0 Å². The van der Waals surface area contributed by atoms with Crippen LogP contribution in [0.4, 0.5) is 10.8 Å². The molecule has 0 fully saturated rings. The quantitative estimate of drug-likeness (QED) is 0.327. The molecule has 0 aliphatic rings. The van der Waals surface area contributed by atoms with Crippen molar-refractivity contribution in [2.45, 2.75) is 36.8 Å². The summed E-state index contributed by atoms with van der Waals surface area (Å²) >= 11 is 2.66. The van der Waals surface area contributed by atoms with Crippen LogP contribution in [0.15, 0.2) is 57.4 Å². The van der Waals surface area contributed by atoms with E-state index < -0.39 is 0 Å². The third kappa shape index (κ3) is 6.69. The van der Waals surface area contributed by atoms with Crippen LogP contribution in [0.1, 0.15) is 36.5 Å². The molecule has 2 N–H and O–H groups in total. The van der Waals surface area contributed by atoms with Gasteiger partial charge in [0.15, 0.2) is 10.9 Å². The molecule has 1 atom stereocenters. The average molecular weight is 474 g/mol. The van der Waals surface area contributed by atoms with Gasteiger partial charge in [-0.15, -0.1) is 23.1 Å². The third-order valence-corrected chi connectivity index (χ3v) is 6.36. The van der Waals surface area contributed by atoms with Crippen LogP contribution in [0.5, 0.6) is 0 Å². The maximum Gasteiger partial charge on any atom is 0.311 e. The van der Waals surface area contributed by atoms with Gasteiger partial charge in [-0.25, -0.2) is 4.98 Å². The highest BCUT2D eigenvalue weighted by atomic mass is 32.2. The second-order valence-electron chi connectivity index (χ2n) is 6.59. The van der Waals surface area contributed by atoms with Crippen LogP contribution < -0.4 is 10.6 Å². The van der Waals surface area contributed by atoms with Crippen molar-refractivity contribution >= 4 is 51.7 Å². The fourth-order valence-electron chi connectivity index (χ4n) is 2.73. The highest BCUT2D eigenvalue weighted by molar-refractivity contribution is 8.00. The minimum Gasteiger partial charge on any atom is -0.466 e. The smallest absolute Gasteiger partial charge is 0.311 e. The van der Waals surface area contributed by atoms with Crippen LogP contribution >= 0.6 is 23.1 Å². The van der Waals surface area contributed by atoms with Crippen LogP contribution in [0.25, 0.3) is 0 Å². The highest BCUT2D eigenvalue weighted by Gasteiger charge is 2.20. The Kier molecular flexibility index (Phi) is 8.46. The molecule has 2 aromatic heterocycles. The first kappa shape index (κ1) is 23.6. The van der Waals surface area contributed by atoms with E-state index in [4.69, 9.17) is 9.15 Å². The molecule has 2 amide bonds. The van der Waals surface area contributed by atoms with Gasteiger partial charge in [0.2, 0.25) is 5.91 Å². The first-order valence-corrected chi connectivity index (χ1v) is 11.8. The van der Waals surface area contributed by atoms with Crippen molar-refractivity contribution in [1.82, 2.24) is 4.98 Å². The zero-order chi connectivity index (χ0) is 22.9. The summed E-state index contributed by atoms with van der Waals surface area (Å²) < 4.78 is 10.0. The van der Waals surface area contributed by atoms with Gasteiger partial charge in [-0.3, -0.25) is 14.4 Å². The number of nitrogens with one attached hydrogen (secondary N) is 2. The number of anilines is 2. The van der Waals surface area contributed by atoms with Crippen LogP contribution in [0.3, 0.4) is 0 Å². The fourth-order valence-corrected chi connectivity index (χ4v) is 4.45. The van der Waals surface area contributed by atoms with Crippen molar-refractivity contribution in [2.75, 3.05) is 17.2 Å². The molecule has 2 heterocycles. The number of furan rings is 1. The van der Waals surface area contributed by atoms with Crippen molar-refractivity contribution in [3.05, 3.63) is 59.5 Å². The lowest BCUT2D eigenvalue weighted by molar-refractivity contribution is -0.142. The standard InChI is InChI=1S/C22H23N3O5S2/c1-3-18(21(28)25-22-24-15(13-31-22)12-19(26)29-4-2)32-16-8-5-7-14(11-16)23-20(27)17-9-6-10-30-17/h5-11,13,18H,3-4,12H2,1-2H3,(H,23,27)(H,24,25,28). The molecule has 0 radical (unpaired) electrons. The van der Waals surface area contributed by atoms with Gasteiger partial charge in [0.1, 0.15) is 0 Å². The molecule has 0 saturated carbocycles. The first-order chi connectivity index (χ1) is 15.5. The van der Waals surface area contributed by atoms with Crippen molar-refractivity contribution in [3.63, 3.8) is 0 Å². The molecule has 0 bridgehead atoms. The summed E-state index contributed by atoms with van der Waals surface area (Å²) in [5, 5.41) is 7.41. The largest absolute Gasteiger partial charge is 0.466 e. The van der Waals surface area contributed by atoms with Crippen LogP contribution in [-0.4, -0.2) is 34.6 Å². The topological polar surface area (TPSA) is 111 Å². The summed E-state index contributed by atoms with van der Waals surface area (Å²) in [4.78, 5) is 41.6. The molecule has 1 aromatic carbocycles. The van der Waals surface area contributed by atoms with Crippen molar-refractivity contribution < 1.29 is 23.5 Å². The molecule has 3 aromatic rings. The minimum atomic E-state index is -0.358. The number of aromatic nitrogens is 1. The van der Waals surface area contributed by atoms with Gasteiger partial charge in [-0.2, -0.15) is 0 Å². The van der Waals surface area contributed by atoms with E-state index in [-0.39, 0.29) is 35.2 Å². The lowest BCUT2D eigenvalue weighted by atomic mass is 10.3. The SMILES string of the molecule is CCOC(=O)Cc1csc(NC(=O)C(CC)Sc2cccc(NC(=O)c3ccco3)c2)n1. The Hall–Kier alpha value is -3.11. The molecular weight excluding hydrogens is 450 g/mol. The number of nitrogens with zero attached hydrogens (tertiary/aromatic N) is 1. The Morgan fingerprint density at radius 1 is 1.19 bits per heavy atom. The number of ether oxygens (including phenoxy) is 1. The van der Waals surface area contributed by atoms with Gasteiger partial charge < -0.3 is 19.8 Å². The van der Waals surface area contributed by atoms with E-state index in [1.807, 2.05) is 25.1 Å². The van der Waals surface area contributed by atoms with Gasteiger partial charge in [-0.05, 0) is 43.7 Å². The molecule has 10 heteroatoms. The Morgan fingerprint density at radius 2 is 2.03 bits per heavy atom. The molecule has 0 spiro atoms. The molecule has 0 aliphatic carbocycles. The van der Waals surface area contributed by atoms with E-state index in [1.54, 1.807) is 30.5 Å². The predicted molar refractivity (Wildman–Crippen MR) is 124 cm³/mol. The number of amides is 2. The van der Waals surface area contributed by atoms with Crippen molar-refractivity contribution in [3.8, 4) is 0 Å². The van der Waals surface area contributed by atoms with Gasteiger partial charge in [0, 0.05) is 16.0 Å². The van der Waals surface area contributed by atoms with E-state index in [0.717, 1.165) is 4.90 Å². The summed E-state index contributed by atoms with van der Waals surface area (Å²) in [6.45, 7) is 3.99. The average Bonchev–Trinajstić information content (AvgIpc) is 3.45. The molecule has 0 aliphatic heterocycles. The molecule has 32 heavy (non-hydrogen) atoms. The lowest BCUT2D eigenvalue weighted by Gasteiger charge is -2.14. The summed E-state index contributed by atoms with van der Waals surface area (Å²) in [6.07, 6.45) is 2.11.